The van der Waals surface area contributed by atoms with Crippen molar-refractivity contribution in [1.82, 2.24) is 0 Å². The van der Waals surface area contributed by atoms with Gasteiger partial charge in [0.1, 0.15) is 0 Å². The number of rotatable bonds is 3. The lowest BCUT2D eigenvalue weighted by Crippen LogP contribution is -2.39. The highest BCUT2D eigenvalue weighted by molar-refractivity contribution is 6.42. The number of nitrogens with one attached hydrogen (secondary N) is 1. The maximum Gasteiger partial charge on any atom is 0.228 e. The summed E-state index contributed by atoms with van der Waals surface area (Å²) in [7, 11) is 0. The van der Waals surface area contributed by atoms with E-state index in [-0.39, 0.29) is 17.7 Å². The molecule has 0 heterocycles. The summed E-state index contributed by atoms with van der Waals surface area (Å²) in [6, 6.07) is 4.88. The Morgan fingerprint density at radius 1 is 1.10 bits per heavy atom. The zero-order valence-electron chi connectivity index (χ0n) is 10.9. The molecule has 1 aromatic carbocycles. The molecule has 1 aliphatic carbocycles. The monoisotopic (exact) mass is 314 g/mol. The maximum absolute atomic E-state index is 12.3. The van der Waals surface area contributed by atoms with Gasteiger partial charge in [-0.2, -0.15) is 0 Å². The number of hydrogen-bond donors (Lipinski definition) is 2. The van der Waals surface area contributed by atoms with E-state index in [1.54, 1.807) is 18.2 Å². The Morgan fingerprint density at radius 2 is 1.75 bits per heavy atom. The molecule has 108 valence electrons. The number of primary amides is 1. The molecule has 3 N–H and O–H groups in total. The van der Waals surface area contributed by atoms with Gasteiger partial charge >= 0.3 is 0 Å². The molecule has 6 heteroatoms. The smallest absolute Gasteiger partial charge is 0.228 e. The van der Waals surface area contributed by atoms with Gasteiger partial charge < -0.3 is 11.1 Å². The molecule has 0 radical (unpaired) electrons. The fourth-order valence-corrected chi connectivity index (χ4v) is 2.89. The molecular weight excluding hydrogens is 299 g/mol. The fourth-order valence-electron chi connectivity index (χ4n) is 2.59. The van der Waals surface area contributed by atoms with E-state index < -0.39 is 5.91 Å². The SMILES string of the molecule is NC(=O)C1CCCC[C@@H]1C(=O)Nc1ccc(Cl)c(Cl)c1. The Kier molecular flexibility index (Phi) is 4.89. The summed E-state index contributed by atoms with van der Waals surface area (Å²) in [5.41, 5.74) is 5.94. The molecule has 20 heavy (non-hydrogen) atoms. The van der Waals surface area contributed by atoms with Gasteiger partial charge in [-0.1, -0.05) is 36.0 Å². The fraction of sp³-hybridized carbons (Fsp3) is 0.429. The number of benzene rings is 1. The predicted molar refractivity (Wildman–Crippen MR) is 79.7 cm³/mol. The van der Waals surface area contributed by atoms with Gasteiger partial charge in [0.2, 0.25) is 11.8 Å². The molecule has 4 nitrogen and oxygen atoms in total. The second-order valence-electron chi connectivity index (χ2n) is 5.02. The molecule has 0 aromatic heterocycles. The molecule has 1 unspecified atom stereocenters. The highest BCUT2D eigenvalue weighted by Crippen LogP contribution is 2.31. The van der Waals surface area contributed by atoms with Crippen molar-refractivity contribution in [2.24, 2.45) is 17.6 Å². The lowest BCUT2D eigenvalue weighted by Gasteiger charge is -2.28. The molecule has 2 rings (SSSR count). The Balaban J connectivity index is 2.09. The van der Waals surface area contributed by atoms with Crippen LogP contribution in [0.2, 0.25) is 10.0 Å². The minimum atomic E-state index is -0.404. The third-order valence-corrected chi connectivity index (χ3v) is 4.39. The third-order valence-electron chi connectivity index (χ3n) is 3.66. The Labute approximate surface area is 127 Å². The standard InChI is InChI=1S/C14H16Cl2N2O2/c15-11-6-5-8(7-12(11)16)18-14(20)10-4-2-1-3-9(10)13(17)19/h5-7,9-10H,1-4H2,(H2,17,19)(H,18,20)/t9?,10-/m0/s1. The van der Waals surface area contributed by atoms with Gasteiger partial charge in [0, 0.05) is 17.5 Å². The van der Waals surface area contributed by atoms with E-state index >= 15 is 0 Å². The van der Waals surface area contributed by atoms with Crippen LogP contribution in [0, 0.1) is 11.8 Å². The number of carbonyl (C=O) groups is 2. The molecular formula is C14H16Cl2N2O2. The van der Waals surface area contributed by atoms with Gasteiger partial charge in [0.05, 0.1) is 10.0 Å². The Hall–Kier alpha value is -1.26. The number of halogens is 2. The van der Waals surface area contributed by atoms with E-state index in [9.17, 15) is 9.59 Å². The summed E-state index contributed by atoms with van der Waals surface area (Å²) in [4.78, 5) is 23.7. The number of amides is 2. The molecule has 2 amide bonds. The highest BCUT2D eigenvalue weighted by atomic mass is 35.5. The van der Waals surface area contributed by atoms with Crippen molar-refractivity contribution in [3.05, 3.63) is 28.2 Å². The molecule has 0 saturated heterocycles. The molecule has 1 aromatic rings. The van der Waals surface area contributed by atoms with Crippen molar-refractivity contribution in [1.29, 1.82) is 0 Å². The lowest BCUT2D eigenvalue weighted by molar-refractivity contribution is -0.131. The first kappa shape index (κ1) is 15.1. The molecule has 1 saturated carbocycles. The first-order valence-electron chi connectivity index (χ1n) is 6.54. The van der Waals surface area contributed by atoms with Crippen LogP contribution in [0.4, 0.5) is 5.69 Å². The number of nitrogens with two attached hydrogens (primary N) is 1. The first-order valence-corrected chi connectivity index (χ1v) is 7.30. The van der Waals surface area contributed by atoms with E-state index in [4.69, 9.17) is 28.9 Å². The van der Waals surface area contributed by atoms with Crippen LogP contribution in [0.25, 0.3) is 0 Å². The first-order chi connectivity index (χ1) is 9.49. The zero-order valence-corrected chi connectivity index (χ0v) is 12.4. The molecule has 0 spiro atoms. The zero-order chi connectivity index (χ0) is 14.7. The van der Waals surface area contributed by atoms with Crippen LogP contribution in [-0.2, 0) is 9.59 Å². The van der Waals surface area contributed by atoms with Gasteiger partial charge in [-0.05, 0) is 31.0 Å². The van der Waals surface area contributed by atoms with Crippen LogP contribution in [0.15, 0.2) is 18.2 Å². The van der Waals surface area contributed by atoms with E-state index in [0.29, 0.717) is 28.6 Å². The van der Waals surface area contributed by atoms with Crippen molar-refractivity contribution >= 4 is 40.7 Å². The van der Waals surface area contributed by atoms with Gasteiger partial charge in [0.15, 0.2) is 0 Å². The molecule has 1 aliphatic rings. The van der Waals surface area contributed by atoms with Crippen LogP contribution >= 0.6 is 23.2 Å². The van der Waals surface area contributed by atoms with Crippen LogP contribution in [0.5, 0.6) is 0 Å². The highest BCUT2D eigenvalue weighted by Gasteiger charge is 2.34. The maximum atomic E-state index is 12.3. The molecule has 0 aliphatic heterocycles. The molecule has 0 bridgehead atoms. The summed E-state index contributed by atoms with van der Waals surface area (Å²) in [5.74, 6) is -1.34. The van der Waals surface area contributed by atoms with Crippen molar-refractivity contribution in [3.63, 3.8) is 0 Å². The summed E-state index contributed by atoms with van der Waals surface area (Å²) < 4.78 is 0. The van der Waals surface area contributed by atoms with Crippen LogP contribution in [-0.4, -0.2) is 11.8 Å². The number of carbonyl (C=O) groups excluding carboxylic acids is 2. The van der Waals surface area contributed by atoms with Crippen LogP contribution in [0.1, 0.15) is 25.7 Å². The second kappa shape index (κ2) is 6.46. The topological polar surface area (TPSA) is 72.2 Å². The van der Waals surface area contributed by atoms with E-state index in [1.807, 2.05) is 0 Å². The van der Waals surface area contributed by atoms with Gasteiger partial charge in [-0.3, -0.25) is 9.59 Å². The Bertz CT molecular complexity index is 534. The minimum absolute atomic E-state index is 0.188. The van der Waals surface area contributed by atoms with E-state index in [2.05, 4.69) is 5.32 Å². The quantitative estimate of drug-likeness (QED) is 0.899. The summed E-state index contributed by atoms with van der Waals surface area (Å²) in [5, 5.41) is 3.58. The summed E-state index contributed by atoms with van der Waals surface area (Å²) in [6.07, 6.45) is 3.23. The van der Waals surface area contributed by atoms with Crippen molar-refractivity contribution in [3.8, 4) is 0 Å². The predicted octanol–water partition coefficient (Wildman–Crippen LogP) is 3.22. The van der Waals surface area contributed by atoms with Gasteiger partial charge in [-0.25, -0.2) is 0 Å². The van der Waals surface area contributed by atoms with Crippen LogP contribution < -0.4 is 11.1 Å². The largest absolute Gasteiger partial charge is 0.369 e. The second-order valence-corrected chi connectivity index (χ2v) is 5.83. The van der Waals surface area contributed by atoms with Crippen molar-refractivity contribution in [2.45, 2.75) is 25.7 Å². The van der Waals surface area contributed by atoms with Gasteiger partial charge in [-0.15, -0.1) is 0 Å². The average molecular weight is 315 g/mol. The van der Waals surface area contributed by atoms with Crippen molar-refractivity contribution in [2.75, 3.05) is 5.32 Å². The van der Waals surface area contributed by atoms with Crippen molar-refractivity contribution < 1.29 is 9.59 Å². The van der Waals surface area contributed by atoms with E-state index in [0.717, 1.165) is 12.8 Å². The molecule has 2 atom stereocenters. The Morgan fingerprint density at radius 3 is 2.35 bits per heavy atom. The number of anilines is 1. The average Bonchev–Trinajstić information content (AvgIpc) is 2.43. The summed E-state index contributed by atoms with van der Waals surface area (Å²) >= 11 is 11.7. The van der Waals surface area contributed by atoms with Gasteiger partial charge in [0.25, 0.3) is 0 Å². The summed E-state index contributed by atoms with van der Waals surface area (Å²) in [6.45, 7) is 0. The number of hydrogen-bond acceptors (Lipinski definition) is 2. The van der Waals surface area contributed by atoms with E-state index in [1.165, 1.54) is 0 Å². The third kappa shape index (κ3) is 3.44. The normalized spacial score (nSPS) is 22.3. The lowest BCUT2D eigenvalue weighted by atomic mass is 9.78. The molecule has 1 fully saturated rings. The minimum Gasteiger partial charge on any atom is -0.369 e. The van der Waals surface area contributed by atoms with Crippen LogP contribution in [0.3, 0.4) is 0 Å².